The molecule has 0 fully saturated rings. The lowest BCUT2D eigenvalue weighted by Gasteiger charge is -2.09. The van der Waals surface area contributed by atoms with Gasteiger partial charge in [0.15, 0.2) is 0 Å². The van der Waals surface area contributed by atoms with E-state index in [4.69, 9.17) is 14.6 Å². The van der Waals surface area contributed by atoms with Crippen molar-refractivity contribution < 1.29 is 8.83 Å². The van der Waals surface area contributed by atoms with Crippen LogP contribution in [-0.2, 0) is 0 Å². The highest BCUT2D eigenvalue weighted by Gasteiger charge is 2.22. The molecule has 0 aliphatic rings. The van der Waals surface area contributed by atoms with Gasteiger partial charge >= 0.3 is 0 Å². The fourth-order valence-electron chi connectivity index (χ4n) is 2.79. The molecule has 20 heavy (non-hydrogen) atoms. The van der Waals surface area contributed by atoms with Gasteiger partial charge in [-0.1, -0.05) is 18.2 Å². The number of furan rings is 2. The first-order valence-electron chi connectivity index (χ1n) is 6.80. The summed E-state index contributed by atoms with van der Waals surface area (Å²) in [5.74, 6) is 2.56. The number of benzene rings is 1. The van der Waals surface area contributed by atoms with Crippen LogP contribution in [0.5, 0.6) is 0 Å². The molecule has 3 rings (SSSR count). The SMILES string of the molecule is Cc1oc(C)c(C(N)c2cc3cccc(C)c3o2)c1C. The molecular formula is C17H19NO2. The van der Waals surface area contributed by atoms with Crippen LogP contribution in [0.4, 0.5) is 0 Å². The minimum atomic E-state index is -0.292. The van der Waals surface area contributed by atoms with Crippen LogP contribution < -0.4 is 5.73 Å². The van der Waals surface area contributed by atoms with Gasteiger partial charge < -0.3 is 14.6 Å². The predicted octanol–water partition coefficient (Wildman–Crippen LogP) is 4.31. The smallest absolute Gasteiger partial charge is 0.137 e. The van der Waals surface area contributed by atoms with Crippen molar-refractivity contribution in [1.82, 2.24) is 0 Å². The van der Waals surface area contributed by atoms with E-state index < -0.39 is 0 Å². The van der Waals surface area contributed by atoms with Crippen LogP contribution in [0, 0.1) is 27.7 Å². The first-order valence-corrected chi connectivity index (χ1v) is 6.80. The van der Waals surface area contributed by atoms with Crippen LogP contribution in [0.2, 0.25) is 0 Å². The second-order valence-electron chi connectivity index (χ2n) is 5.37. The molecule has 1 aromatic carbocycles. The van der Waals surface area contributed by atoms with Crippen molar-refractivity contribution in [3.05, 3.63) is 58.2 Å². The molecule has 0 saturated heterocycles. The molecule has 0 saturated carbocycles. The summed E-state index contributed by atoms with van der Waals surface area (Å²) >= 11 is 0. The van der Waals surface area contributed by atoms with Gasteiger partial charge in [0.25, 0.3) is 0 Å². The lowest BCUT2D eigenvalue weighted by molar-refractivity contribution is 0.488. The summed E-state index contributed by atoms with van der Waals surface area (Å²) in [5.41, 5.74) is 10.6. The maximum absolute atomic E-state index is 6.39. The van der Waals surface area contributed by atoms with Crippen molar-refractivity contribution in [3.8, 4) is 0 Å². The van der Waals surface area contributed by atoms with Gasteiger partial charge in [0.05, 0.1) is 6.04 Å². The van der Waals surface area contributed by atoms with Crippen LogP contribution in [0.25, 0.3) is 11.0 Å². The number of hydrogen-bond acceptors (Lipinski definition) is 3. The van der Waals surface area contributed by atoms with E-state index in [0.29, 0.717) is 0 Å². The molecule has 2 aromatic heterocycles. The molecule has 3 heteroatoms. The van der Waals surface area contributed by atoms with Crippen molar-refractivity contribution in [1.29, 1.82) is 0 Å². The van der Waals surface area contributed by atoms with Gasteiger partial charge in [-0.15, -0.1) is 0 Å². The maximum Gasteiger partial charge on any atom is 0.137 e. The van der Waals surface area contributed by atoms with E-state index in [1.165, 1.54) is 0 Å². The lowest BCUT2D eigenvalue weighted by atomic mass is 10.0. The zero-order valence-corrected chi connectivity index (χ0v) is 12.3. The van der Waals surface area contributed by atoms with Gasteiger partial charge in [0, 0.05) is 10.9 Å². The van der Waals surface area contributed by atoms with E-state index in [1.807, 2.05) is 52.0 Å². The zero-order chi connectivity index (χ0) is 14.4. The molecule has 0 aliphatic heterocycles. The van der Waals surface area contributed by atoms with Gasteiger partial charge in [-0.3, -0.25) is 0 Å². The van der Waals surface area contributed by atoms with Crippen molar-refractivity contribution in [3.63, 3.8) is 0 Å². The molecule has 0 amide bonds. The average molecular weight is 269 g/mol. The summed E-state index contributed by atoms with van der Waals surface area (Å²) in [6, 6.07) is 7.84. The highest BCUT2D eigenvalue weighted by Crippen LogP contribution is 2.33. The Labute approximate surface area is 118 Å². The number of nitrogens with two attached hydrogens (primary N) is 1. The minimum Gasteiger partial charge on any atom is -0.466 e. The van der Waals surface area contributed by atoms with E-state index in [2.05, 4.69) is 0 Å². The molecule has 3 aromatic rings. The Bertz CT molecular complexity index is 780. The van der Waals surface area contributed by atoms with Crippen molar-refractivity contribution in [2.45, 2.75) is 33.7 Å². The molecule has 1 unspecified atom stereocenters. The number of para-hydroxylation sites is 1. The third-order valence-electron chi connectivity index (χ3n) is 4.00. The fourth-order valence-corrected chi connectivity index (χ4v) is 2.79. The summed E-state index contributed by atoms with van der Waals surface area (Å²) in [6.45, 7) is 7.99. The number of fused-ring (bicyclic) bond motifs is 1. The molecule has 1 atom stereocenters. The standard InChI is InChI=1S/C17H19NO2/c1-9-6-5-7-13-8-14(20-17(9)13)16(18)15-10(2)11(3)19-12(15)4/h5-8,16H,18H2,1-4H3. The van der Waals surface area contributed by atoms with E-state index in [-0.39, 0.29) is 6.04 Å². The number of hydrogen-bond donors (Lipinski definition) is 1. The Morgan fingerprint density at radius 2 is 1.75 bits per heavy atom. The summed E-state index contributed by atoms with van der Waals surface area (Å²) in [5, 5.41) is 1.09. The Morgan fingerprint density at radius 1 is 1.00 bits per heavy atom. The molecular weight excluding hydrogens is 250 g/mol. The van der Waals surface area contributed by atoms with Gasteiger partial charge in [0.1, 0.15) is 22.9 Å². The quantitative estimate of drug-likeness (QED) is 0.754. The molecule has 104 valence electrons. The van der Waals surface area contributed by atoms with Crippen molar-refractivity contribution in [2.24, 2.45) is 5.73 Å². The minimum absolute atomic E-state index is 0.292. The summed E-state index contributed by atoms with van der Waals surface area (Å²) in [4.78, 5) is 0. The normalized spacial score (nSPS) is 13.1. The highest BCUT2D eigenvalue weighted by molar-refractivity contribution is 5.81. The van der Waals surface area contributed by atoms with Gasteiger partial charge in [-0.2, -0.15) is 0 Å². The molecule has 3 nitrogen and oxygen atoms in total. The first-order chi connectivity index (χ1) is 9.49. The van der Waals surface area contributed by atoms with Crippen molar-refractivity contribution >= 4 is 11.0 Å². The number of aryl methyl sites for hydroxylation is 3. The molecule has 2 heterocycles. The average Bonchev–Trinajstić information content (AvgIpc) is 2.93. The largest absolute Gasteiger partial charge is 0.466 e. The first kappa shape index (κ1) is 13.0. The monoisotopic (exact) mass is 269 g/mol. The van der Waals surface area contributed by atoms with Crippen LogP contribution in [0.1, 0.15) is 40.0 Å². The van der Waals surface area contributed by atoms with Crippen LogP contribution in [0.15, 0.2) is 33.1 Å². The fraction of sp³-hybridized carbons (Fsp3) is 0.294. The molecule has 0 radical (unpaired) electrons. The molecule has 2 N–H and O–H groups in total. The Hall–Kier alpha value is -2.00. The van der Waals surface area contributed by atoms with Gasteiger partial charge in [-0.25, -0.2) is 0 Å². The van der Waals surface area contributed by atoms with E-state index in [9.17, 15) is 0 Å². The van der Waals surface area contributed by atoms with Gasteiger partial charge in [-0.05, 0) is 44.9 Å². The van der Waals surface area contributed by atoms with Crippen LogP contribution in [0.3, 0.4) is 0 Å². The molecule has 0 aliphatic carbocycles. The van der Waals surface area contributed by atoms with Crippen LogP contribution in [-0.4, -0.2) is 0 Å². The maximum atomic E-state index is 6.39. The zero-order valence-electron chi connectivity index (χ0n) is 12.3. The van der Waals surface area contributed by atoms with E-state index >= 15 is 0 Å². The van der Waals surface area contributed by atoms with Crippen LogP contribution >= 0.6 is 0 Å². The Balaban J connectivity index is 2.13. The summed E-state index contributed by atoms with van der Waals surface area (Å²) in [6.07, 6.45) is 0. The predicted molar refractivity (Wildman–Crippen MR) is 79.9 cm³/mol. The second-order valence-corrected chi connectivity index (χ2v) is 5.37. The van der Waals surface area contributed by atoms with Crippen molar-refractivity contribution in [2.75, 3.05) is 0 Å². The van der Waals surface area contributed by atoms with E-state index in [1.54, 1.807) is 0 Å². The summed E-state index contributed by atoms with van der Waals surface area (Å²) < 4.78 is 11.6. The Morgan fingerprint density at radius 3 is 2.35 bits per heavy atom. The third kappa shape index (κ3) is 1.86. The van der Waals surface area contributed by atoms with Gasteiger partial charge in [0.2, 0.25) is 0 Å². The molecule has 0 spiro atoms. The topological polar surface area (TPSA) is 52.3 Å². The summed E-state index contributed by atoms with van der Waals surface area (Å²) in [7, 11) is 0. The lowest BCUT2D eigenvalue weighted by Crippen LogP contribution is -2.12. The van der Waals surface area contributed by atoms with E-state index in [0.717, 1.165) is 44.9 Å². The second kappa shape index (κ2) is 4.53. The number of rotatable bonds is 2. The Kier molecular flexibility index (Phi) is 2.94. The third-order valence-corrected chi connectivity index (χ3v) is 4.00. The molecule has 0 bridgehead atoms. The highest BCUT2D eigenvalue weighted by atomic mass is 16.3.